The normalized spacial score (nSPS) is 11.9. The van der Waals surface area contributed by atoms with Gasteiger partial charge in [0.2, 0.25) is 0 Å². The van der Waals surface area contributed by atoms with Gasteiger partial charge in [-0.2, -0.15) is 0 Å². The summed E-state index contributed by atoms with van der Waals surface area (Å²) >= 11 is 2.00. The van der Waals surface area contributed by atoms with Crippen LogP contribution in [0.25, 0.3) is 0 Å². The van der Waals surface area contributed by atoms with E-state index in [-0.39, 0.29) is 11.3 Å². The van der Waals surface area contributed by atoms with Crippen molar-refractivity contribution in [1.82, 2.24) is 5.32 Å². The number of phenolic OH excluding ortho intramolecular Hbond substituents is 1. The fourth-order valence-electron chi connectivity index (χ4n) is 1.03. The average Bonchev–Trinajstić information content (AvgIpc) is 2.21. The van der Waals surface area contributed by atoms with Gasteiger partial charge in [0.1, 0.15) is 11.8 Å². The van der Waals surface area contributed by atoms with E-state index in [0.29, 0.717) is 0 Å². The lowest BCUT2D eigenvalue weighted by Gasteiger charge is -2.10. The van der Waals surface area contributed by atoms with Crippen LogP contribution in [0.3, 0.4) is 0 Å². The molecule has 1 amide bonds. The molecule has 6 heteroatoms. The molecule has 0 aliphatic carbocycles. The minimum Gasteiger partial charge on any atom is -0.507 e. The molecule has 0 aromatic heterocycles. The van der Waals surface area contributed by atoms with Crippen LogP contribution in [0.1, 0.15) is 17.3 Å². The van der Waals surface area contributed by atoms with Crippen LogP contribution >= 0.6 is 22.6 Å². The summed E-state index contributed by atoms with van der Waals surface area (Å²) in [5.41, 5.74) is 0.0694. The number of benzene rings is 1. The van der Waals surface area contributed by atoms with E-state index in [9.17, 15) is 14.7 Å². The van der Waals surface area contributed by atoms with Crippen molar-refractivity contribution >= 4 is 34.5 Å². The summed E-state index contributed by atoms with van der Waals surface area (Å²) in [6.45, 7) is 1.35. The van der Waals surface area contributed by atoms with E-state index >= 15 is 0 Å². The number of halogens is 1. The predicted octanol–water partition coefficient (Wildman–Crippen LogP) is 1.20. The second-order valence-electron chi connectivity index (χ2n) is 3.19. The highest BCUT2D eigenvalue weighted by Crippen LogP contribution is 2.19. The van der Waals surface area contributed by atoms with Gasteiger partial charge in [-0.1, -0.05) is 0 Å². The van der Waals surface area contributed by atoms with E-state index in [1.54, 1.807) is 6.07 Å². The summed E-state index contributed by atoms with van der Waals surface area (Å²) in [6.07, 6.45) is 0. The number of carboxylic acid groups (broad SMARTS) is 1. The third kappa shape index (κ3) is 3.09. The standard InChI is InChI=1S/C10H10INO4/c1-5(10(15)16)12-9(14)7-4-6(11)2-3-8(7)13/h2-5,13H,1H3,(H,12,14)(H,15,16)/t5-/m1/s1. The maximum absolute atomic E-state index is 11.6. The highest BCUT2D eigenvalue weighted by Gasteiger charge is 2.17. The molecule has 3 N–H and O–H groups in total. The van der Waals surface area contributed by atoms with Crippen molar-refractivity contribution < 1.29 is 19.8 Å². The summed E-state index contributed by atoms with van der Waals surface area (Å²) in [6, 6.07) is 3.53. The summed E-state index contributed by atoms with van der Waals surface area (Å²) in [7, 11) is 0. The van der Waals surface area contributed by atoms with Gasteiger partial charge in [-0.3, -0.25) is 9.59 Å². The molecule has 0 spiro atoms. The smallest absolute Gasteiger partial charge is 0.325 e. The van der Waals surface area contributed by atoms with E-state index < -0.39 is 17.9 Å². The topological polar surface area (TPSA) is 86.6 Å². The van der Waals surface area contributed by atoms with Gasteiger partial charge in [0.05, 0.1) is 5.56 Å². The van der Waals surface area contributed by atoms with Gasteiger partial charge in [0.15, 0.2) is 0 Å². The number of carbonyl (C=O) groups excluding carboxylic acids is 1. The molecule has 1 aromatic rings. The lowest BCUT2D eigenvalue weighted by atomic mass is 10.2. The molecule has 0 saturated carbocycles. The van der Waals surface area contributed by atoms with E-state index in [2.05, 4.69) is 5.32 Å². The summed E-state index contributed by atoms with van der Waals surface area (Å²) in [5.74, 6) is -1.90. The number of phenols is 1. The van der Waals surface area contributed by atoms with Crippen molar-refractivity contribution in [3.63, 3.8) is 0 Å². The Morgan fingerprint density at radius 2 is 2.06 bits per heavy atom. The molecule has 0 aliphatic rings. The van der Waals surface area contributed by atoms with Gasteiger partial charge in [-0.15, -0.1) is 0 Å². The number of nitrogens with one attached hydrogen (secondary N) is 1. The molecule has 0 aliphatic heterocycles. The number of hydrogen-bond acceptors (Lipinski definition) is 3. The first-order valence-electron chi connectivity index (χ1n) is 4.44. The maximum atomic E-state index is 11.6. The predicted molar refractivity (Wildman–Crippen MR) is 65.4 cm³/mol. The Kier molecular flexibility index (Phi) is 4.11. The first kappa shape index (κ1) is 12.8. The van der Waals surface area contributed by atoms with Crippen LogP contribution in [-0.4, -0.2) is 28.1 Å². The Hall–Kier alpha value is -1.31. The highest BCUT2D eigenvalue weighted by molar-refractivity contribution is 14.1. The second-order valence-corrected chi connectivity index (χ2v) is 4.44. The Labute approximate surface area is 106 Å². The molecule has 1 atom stereocenters. The number of amides is 1. The zero-order valence-corrected chi connectivity index (χ0v) is 10.6. The van der Waals surface area contributed by atoms with Crippen LogP contribution in [0.15, 0.2) is 18.2 Å². The van der Waals surface area contributed by atoms with E-state index in [1.165, 1.54) is 19.1 Å². The number of carboxylic acids is 1. The minimum atomic E-state index is -1.13. The molecule has 86 valence electrons. The van der Waals surface area contributed by atoms with Crippen molar-refractivity contribution in [2.24, 2.45) is 0 Å². The molecule has 5 nitrogen and oxygen atoms in total. The zero-order valence-electron chi connectivity index (χ0n) is 8.40. The van der Waals surface area contributed by atoms with Crippen molar-refractivity contribution in [2.45, 2.75) is 13.0 Å². The van der Waals surface area contributed by atoms with Gasteiger partial charge in [0, 0.05) is 3.57 Å². The number of carbonyl (C=O) groups is 2. The molecule has 0 fully saturated rings. The van der Waals surface area contributed by atoms with Gasteiger partial charge in [-0.05, 0) is 47.7 Å². The number of aromatic hydroxyl groups is 1. The molecule has 0 bridgehead atoms. The third-order valence-electron chi connectivity index (χ3n) is 1.92. The van der Waals surface area contributed by atoms with Crippen LogP contribution < -0.4 is 5.32 Å². The van der Waals surface area contributed by atoms with Crippen molar-refractivity contribution in [3.05, 3.63) is 27.3 Å². The molecular formula is C10H10INO4. The Balaban J connectivity index is 2.88. The largest absolute Gasteiger partial charge is 0.507 e. The van der Waals surface area contributed by atoms with Crippen LogP contribution in [0.5, 0.6) is 5.75 Å². The minimum absolute atomic E-state index is 0.0694. The van der Waals surface area contributed by atoms with Gasteiger partial charge >= 0.3 is 5.97 Å². The molecular weight excluding hydrogens is 325 g/mol. The summed E-state index contributed by atoms with van der Waals surface area (Å²) in [4.78, 5) is 22.1. The van der Waals surface area contributed by atoms with E-state index in [1.807, 2.05) is 22.6 Å². The number of hydrogen-bond donors (Lipinski definition) is 3. The van der Waals surface area contributed by atoms with E-state index in [4.69, 9.17) is 5.11 Å². The molecule has 0 saturated heterocycles. The third-order valence-corrected chi connectivity index (χ3v) is 2.59. The monoisotopic (exact) mass is 335 g/mol. The Morgan fingerprint density at radius 3 is 2.62 bits per heavy atom. The van der Waals surface area contributed by atoms with E-state index in [0.717, 1.165) is 3.57 Å². The van der Waals surface area contributed by atoms with Crippen molar-refractivity contribution in [3.8, 4) is 5.75 Å². The summed E-state index contributed by atoms with van der Waals surface area (Å²) in [5, 5.41) is 20.3. The molecule has 0 unspecified atom stereocenters. The van der Waals surface area contributed by atoms with Crippen LogP contribution in [0, 0.1) is 3.57 Å². The lowest BCUT2D eigenvalue weighted by molar-refractivity contribution is -0.138. The lowest BCUT2D eigenvalue weighted by Crippen LogP contribution is -2.38. The molecule has 0 radical (unpaired) electrons. The number of rotatable bonds is 3. The van der Waals surface area contributed by atoms with Gasteiger partial charge in [-0.25, -0.2) is 0 Å². The first-order chi connectivity index (χ1) is 7.41. The van der Waals surface area contributed by atoms with Crippen LogP contribution in [0.2, 0.25) is 0 Å². The highest BCUT2D eigenvalue weighted by atomic mass is 127. The Morgan fingerprint density at radius 1 is 1.44 bits per heavy atom. The fourth-order valence-corrected chi connectivity index (χ4v) is 1.52. The maximum Gasteiger partial charge on any atom is 0.325 e. The molecule has 0 heterocycles. The second kappa shape index (κ2) is 5.15. The van der Waals surface area contributed by atoms with Crippen LogP contribution in [0.4, 0.5) is 0 Å². The Bertz CT molecular complexity index is 433. The van der Waals surface area contributed by atoms with Gasteiger partial charge < -0.3 is 15.5 Å². The SMILES string of the molecule is C[C@@H](NC(=O)c1cc(I)ccc1O)C(=O)O. The first-order valence-corrected chi connectivity index (χ1v) is 5.52. The zero-order chi connectivity index (χ0) is 12.3. The summed E-state index contributed by atoms with van der Waals surface area (Å²) < 4.78 is 0.781. The van der Waals surface area contributed by atoms with Crippen molar-refractivity contribution in [1.29, 1.82) is 0 Å². The van der Waals surface area contributed by atoms with Gasteiger partial charge in [0.25, 0.3) is 5.91 Å². The fraction of sp³-hybridized carbons (Fsp3) is 0.200. The molecule has 1 rings (SSSR count). The average molecular weight is 335 g/mol. The molecule has 1 aromatic carbocycles. The van der Waals surface area contributed by atoms with Crippen LogP contribution in [-0.2, 0) is 4.79 Å². The quantitative estimate of drug-likeness (QED) is 0.725. The number of aliphatic carboxylic acids is 1. The van der Waals surface area contributed by atoms with Crippen molar-refractivity contribution in [2.75, 3.05) is 0 Å². The molecule has 16 heavy (non-hydrogen) atoms.